The first kappa shape index (κ1) is 15.3. The van der Waals surface area contributed by atoms with Crippen LogP contribution in [0, 0.1) is 0 Å². The van der Waals surface area contributed by atoms with Gasteiger partial charge in [-0.2, -0.15) is 0 Å². The van der Waals surface area contributed by atoms with Gasteiger partial charge in [-0.05, 0) is 32.9 Å². The zero-order chi connectivity index (χ0) is 8.91. The summed E-state index contributed by atoms with van der Waals surface area (Å²) in [6.45, 7) is 10.3. The molecule has 2 heteroatoms. The zero-order valence-corrected chi connectivity index (χ0v) is 12.9. The van der Waals surface area contributed by atoms with E-state index in [-0.39, 0.29) is 25.8 Å². The van der Waals surface area contributed by atoms with E-state index in [1.54, 1.807) is 0 Å². The molecule has 1 nitrogen and oxygen atoms in total. The fraction of sp³-hybridized carbons (Fsp3) is 1.00. The minimum absolute atomic E-state index is 0. The van der Waals surface area contributed by atoms with Gasteiger partial charge in [-0.25, -0.2) is 0 Å². The van der Waals surface area contributed by atoms with Gasteiger partial charge in [-0.15, -0.1) is 0 Å². The van der Waals surface area contributed by atoms with Crippen LogP contribution >= 0.6 is 0 Å². The van der Waals surface area contributed by atoms with Gasteiger partial charge in [0.15, 0.2) is 0 Å². The molecule has 0 spiro atoms. The van der Waals surface area contributed by atoms with E-state index >= 15 is 0 Å². The fourth-order valence-electron chi connectivity index (χ4n) is 1.90. The summed E-state index contributed by atoms with van der Waals surface area (Å²) in [7, 11) is 2.23. The van der Waals surface area contributed by atoms with Crippen molar-refractivity contribution in [2.24, 2.45) is 0 Å². The quantitative estimate of drug-likeness (QED) is 0.698. The van der Waals surface area contributed by atoms with Crippen molar-refractivity contribution in [3.05, 3.63) is 0 Å². The molecule has 0 N–H and O–H groups in total. The van der Waals surface area contributed by atoms with Crippen LogP contribution in [0.5, 0.6) is 0 Å². The third-order valence-corrected chi connectivity index (χ3v) is 3.26. The van der Waals surface area contributed by atoms with E-state index in [1.165, 1.54) is 19.3 Å². The summed E-state index contributed by atoms with van der Waals surface area (Å²) in [5, 5.41) is 0. The summed E-state index contributed by atoms with van der Waals surface area (Å²) in [5.41, 5.74) is 0.467. The molecule has 0 aliphatic rings. The van der Waals surface area contributed by atoms with E-state index in [1.807, 2.05) is 0 Å². The van der Waals surface area contributed by atoms with Crippen molar-refractivity contribution in [1.29, 1.82) is 0 Å². The average Bonchev–Trinajstić information content (AvgIpc) is 2.08. The molecule has 0 atom stereocenters. The molecule has 0 heterocycles. The van der Waals surface area contributed by atoms with Crippen molar-refractivity contribution in [1.82, 2.24) is 4.90 Å². The molecule has 0 aromatic carbocycles. The monoisotopic (exact) mass is 337 g/mol. The Balaban J connectivity index is 0. The summed E-state index contributed by atoms with van der Waals surface area (Å²) in [5.74, 6) is 0. The molecule has 0 amide bonds. The Labute approximate surface area is 96.7 Å². The van der Waals surface area contributed by atoms with Gasteiger partial charge < -0.3 is 4.90 Å². The predicted octanol–water partition coefficient (Wildman–Crippen LogP) is 2.90. The smallest absolute Gasteiger partial charge is 0.0198 e. The Morgan fingerprint density at radius 2 is 1.25 bits per heavy atom. The van der Waals surface area contributed by atoms with E-state index in [9.17, 15) is 0 Å². The minimum atomic E-state index is 0. The molecule has 0 rings (SSSR count). The summed E-state index contributed by atoms with van der Waals surface area (Å²) in [6, 6.07) is 0. The molecule has 0 aromatic rings. The Bertz CT molecular complexity index is 91.7. The number of nitrogens with zero attached hydrogens (tertiary/aromatic N) is 1. The van der Waals surface area contributed by atoms with Gasteiger partial charge in [0.1, 0.15) is 0 Å². The van der Waals surface area contributed by atoms with Crippen LogP contribution in [-0.4, -0.2) is 24.0 Å². The Kier molecular flexibility index (Phi) is 9.25. The maximum absolute atomic E-state index is 2.48. The normalized spacial score (nSPS) is 11.5. The third kappa shape index (κ3) is 3.29. The van der Waals surface area contributed by atoms with E-state index < -0.39 is 0 Å². The summed E-state index contributed by atoms with van der Waals surface area (Å²) < 4.78 is 0. The van der Waals surface area contributed by atoms with E-state index in [2.05, 4.69) is 39.6 Å². The van der Waals surface area contributed by atoms with Crippen LogP contribution in [-0.2, 0) is 25.8 Å². The Hall–Kier alpha value is 0.830. The number of rotatable bonds is 5. The second-order valence-electron chi connectivity index (χ2n) is 3.30. The van der Waals surface area contributed by atoms with Crippen molar-refractivity contribution in [3.8, 4) is 0 Å². The van der Waals surface area contributed by atoms with E-state index in [0.717, 1.165) is 6.54 Å². The molecule has 72 valence electrons. The summed E-state index contributed by atoms with van der Waals surface area (Å²) in [4.78, 5) is 2.48. The summed E-state index contributed by atoms with van der Waals surface area (Å²) >= 11 is 0. The van der Waals surface area contributed by atoms with Crippen LogP contribution in [0.25, 0.3) is 0 Å². The molecule has 0 saturated heterocycles. The largest absolute Gasteiger partial charge is 0.301 e. The second-order valence-corrected chi connectivity index (χ2v) is 3.30. The van der Waals surface area contributed by atoms with Gasteiger partial charge in [0.25, 0.3) is 0 Å². The van der Waals surface area contributed by atoms with Crippen LogP contribution in [0.1, 0.15) is 47.0 Å². The van der Waals surface area contributed by atoms with Crippen molar-refractivity contribution >= 4 is 0 Å². The molecule has 0 aliphatic heterocycles. The molecule has 12 heavy (non-hydrogen) atoms. The maximum Gasteiger partial charge on any atom is 0.0198 e. The molecule has 0 unspecified atom stereocenters. The molecular formula is C10H23HfN. The third-order valence-electron chi connectivity index (χ3n) is 3.26. The van der Waals surface area contributed by atoms with E-state index in [0.29, 0.717) is 5.54 Å². The van der Waals surface area contributed by atoms with Gasteiger partial charge in [0, 0.05) is 31.4 Å². The van der Waals surface area contributed by atoms with Crippen molar-refractivity contribution in [2.45, 2.75) is 52.5 Å². The van der Waals surface area contributed by atoms with Gasteiger partial charge in [0.2, 0.25) is 0 Å². The minimum Gasteiger partial charge on any atom is -0.301 e. The SMILES string of the molecule is CCN(C)C(CC)(CC)CC.[Hf]. The van der Waals surface area contributed by atoms with Gasteiger partial charge >= 0.3 is 0 Å². The van der Waals surface area contributed by atoms with Gasteiger partial charge in [-0.1, -0.05) is 27.7 Å². The fourth-order valence-corrected chi connectivity index (χ4v) is 1.90. The van der Waals surface area contributed by atoms with Crippen LogP contribution < -0.4 is 0 Å². The first-order valence-electron chi connectivity index (χ1n) is 4.88. The van der Waals surface area contributed by atoms with Crippen molar-refractivity contribution < 1.29 is 25.8 Å². The van der Waals surface area contributed by atoms with Crippen LogP contribution in [0.4, 0.5) is 0 Å². The van der Waals surface area contributed by atoms with Crippen LogP contribution in [0.3, 0.4) is 0 Å². The summed E-state index contributed by atoms with van der Waals surface area (Å²) in [6.07, 6.45) is 3.80. The van der Waals surface area contributed by atoms with Gasteiger partial charge in [0.05, 0.1) is 0 Å². The molecule has 0 aromatic heterocycles. The number of hydrogen-bond donors (Lipinski definition) is 0. The molecule has 0 fully saturated rings. The topological polar surface area (TPSA) is 3.24 Å². The van der Waals surface area contributed by atoms with Crippen molar-refractivity contribution in [2.75, 3.05) is 13.6 Å². The predicted molar refractivity (Wildman–Crippen MR) is 51.9 cm³/mol. The molecule has 0 bridgehead atoms. The Morgan fingerprint density at radius 1 is 0.917 bits per heavy atom. The van der Waals surface area contributed by atoms with Crippen molar-refractivity contribution in [3.63, 3.8) is 0 Å². The van der Waals surface area contributed by atoms with Crippen LogP contribution in [0.15, 0.2) is 0 Å². The Morgan fingerprint density at radius 3 is 1.33 bits per heavy atom. The zero-order valence-electron chi connectivity index (χ0n) is 9.28. The molecule has 0 radical (unpaired) electrons. The van der Waals surface area contributed by atoms with E-state index in [4.69, 9.17) is 0 Å². The maximum atomic E-state index is 2.48. The van der Waals surface area contributed by atoms with Crippen LogP contribution in [0.2, 0.25) is 0 Å². The second kappa shape index (κ2) is 7.25. The molecular weight excluding hydrogens is 313 g/mol. The average molecular weight is 336 g/mol. The molecule has 0 aliphatic carbocycles. The first-order valence-corrected chi connectivity index (χ1v) is 4.88. The first-order chi connectivity index (χ1) is 5.16. The molecule has 0 saturated carbocycles. The standard InChI is InChI=1S/C10H23N.Hf/c1-6-10(7-2,8-3)11(5)9-4;/h6-9H2,1-5H3;. The number of hydrogen-bond acceptors (Lipinski definition) is 1. The van der Waals surface area contributed by atoms with Gasteiger partial charge in [-0.3, -0.25) is 0 Å².